The number of esters is 1. The number of hydrogen-bond donors (Lipinski definition) is 1. The quantitative estimate of drug-likeness (QED) is 0.790. The average molecular weight is 368 g/mol. The number of methoxy groups -OCH3 is 1. The number of carbonyl (C=O) groups is 2. The van der Waals surface area contributed by atoms with Gasteiger partial charge in [0, 0.05) is 15.7 Å². The fourth-order valence-corrected chi connectivity index (χ4v) is 2.50. The van der Waals surface area contributed by atoms with Crippen LogP contribution in [0, 0.1) is 0 Å². The first-order chi connectivity index (χ1) is 11.5. The largest absolute Gasteiger partial charge is 0.497 e. The molecule has 0 fully saturated rings. The Morgan fingerprint density at radius 2 is 1.79 bits per heavy atom. The fourth-order valence-electron chi connectivity index (χ4n) is 1.97. The van der Waals surface area contributed by atoms with Crippen molar-refractivity contribution in [1.82, 2.24) is 0 Å². The molecule has 0 heterocycles. The number of nitrogens with one attached hydrogen (secondary N) is 1. The van der Waals surface area contributed by atoms with E-state index in [4.69, 9.17) is 32.7 Å². The average Bonchev–Trinajstić information content (AvgIpc) is 2.52. The normalized spacial score (nSPS) is 10.1. The van der Waals surface area contributed by atoms with E-state index in [0.717, 1.165) is 5.56 Å². The second kappa shape index (κ2) is 8.57. The van der Waals surface area contributed by atoms with Gasteiger partial charge in [0.2, 0.25) is 0 Å². The summed E-state index contributed by atoms with van der Waals surface area (Å²) < 4.78 is 10.0. The van der Waals surface area contributed by atoms with Gasteiger partial charge in [-0.3, -0.25) is 9.59 Å². The number of carbonyl (C=O) groups excluding carboxylic acids is 2. The number of amides is 1. The van der Waals surface area contributed by atoms with Crippen LogP contribution >= 0.6 is 23.2 Å². The highest BCUT2D eigenvalue weighted by Gasteiger charge is 2.10. The molecular weight excluding hydrogens is 353 g/mol. The van der Waals surface area contributed by atoms with Gasteiger partial charge in [-0.15, -0.1) is 0 Å². The number of hydrogen-bond acceptors (Lipinski definition) is 4. The van der Waals surface area contributed by atoms with Crippen molar-refractivity contribution in [3.8, 4) is 5.75 Å². The fraction of sp³-hybridized carbons (Fsp3) is 0.176. The molecule has 0 radical (unpaired) electrons. The summed E-state index contributed by atoms with van der Waals surface area (Å²) in [6.45, 7) is -0.396. The van der Waals surface area contributed by atoms with Gasteiger partial charge < -0.3 is 14.8 Å². The molecule has 0 aliphatic rings. The molecule has 7 heteroatoms. The molecule has 0 atom stereocenters. The van der Waals surface area contributed by atoms with Crippen LogP contribution in [0.5, 0.6) is 5.75 Å². The lowest BCUT2D eigenvalue weighted by Crippen LogP contribution is -2.21. The molecule has 0 aromatic heterocycles. The van der Waals surface area contributed by atoms with Crippen molar-refractivity contribution in [3.05, 3.63) is 58.1 Å². The van der Waals surface area contributed by atoms with Crippen LogP contribution in [0.4, 0.5) is 5.69 Å². The Kier molecular flexibility index (Phi) is 6.46. The zero-order chi connectivity index (χ0) is 17.5. The van der Waals surface area contributed by atoms with Crippen LogP contribution in [-0.4, -0.2) is 25.6 Å². The first-order valence-corrected chi connectivity index (χ1v) is 7.76. The molecule has 2 aromatic rings. The number of rotatable bonds is 6. The highest BCUT2D eigenvalue weighted by molar-refractivity contribution is 6.35. The summed E-state index contributed by atoms with van der Waals surface area (Å²) in [6.07, 6.45) is 0.0491. The third-order valence-electron chi connectivity index (χ3n) is 2.99. The number of halogens is 2. The molecule has 126 valence electrons. The molecule has 0 unspecified atom stereocenters. The van der Waals surface area contributed by atoms with Gasteiger partial charge in [-0.05, 0) is 35.9 Å². The van der Waals surface area contributed by atoms with Gasteiger partial charge >= 0.3 is 5.97 Å². The van der Waals surface area contributed by atoms with E-state index in [1.165, 1.54) is 0 Å². The van der Waals surface area contributed by atoms with Crippen molar-refractivity contribution >= 4 is 40.8 Å². The zero-order valence-corrected chi connectivity index (χ0v) is 14.4. The van der Waals surface area contributed by atoms with E-state index in [9.17, 15) is 9.59 Å². The Morgan fingerprint density at radius 3 is 2.46 bits per heavy atom. The van der Waals surface area contributed by atoms with Crippen molar-refractivity contribution in [3.63, 3.8) is 0 Å². The molecule has 2 rings (SSSR count). The Bertz CT molecular complexity index is 729. The van der Waals surface area contributed by atoms with Gasteiger partial charge in [-0.2, -0.15) is 0 Å². The van der Waals surface area contributed by atoms with Crippen LogP contribution in [-0.2, 0) is 20.7 Å². The maximum absolute atomic E-state index is 11.8. The summed E-state index contributed by atoms with van der Waals surface area (Å²) >= 11 is 11.7. The van der Waals surface area contributed by atoms with Gasteiger partial charge in [0.25, 0.3) is 5.91 Å². The topological polar surface area (TPSA) is 64.6 Å². The summed E-state index contributed by atoms with van der Waals surface area (Å²) in [4.78, 5) is 23.6. The summed E-state index contributed by atoms with van der Waals surface area (Å²) in [5.74, 6) is -0.342. The minimum absolute atomic E-state index is 0.0491. The Balaban J connectivity index is 1.83. The van der Waals surface area contributed by atoms with Crippen LogP contribution in [0.15, 0.2) is 42.5 Å². The standard InChI is InChI=1S/C17H15Cl2NO4/c1-23-15-4-2-3-11(5-15)6-17(22)24-10-16(21)20-14-8-12(18)7-13(19)9-14/h2-5,7-9H,6,10H2,1H3,(H,20,21). The van der Waals surface area contributed by atoms with Crippen LogP contribution in [0.3, 0.4) is 0 Å². The lowest BCUT2D eigenvalue weighted by molar-refractivity contribution is -0.146. The second-order valence-electron chi connectivity index (χ2n) is 4.90. The highest BCUT2D eigenvalue weighted by Crippen LogP contribution is 2.22. The Morgan fingerprint density at radius 1 is 1.08 bits per heavy atom. The Hall–Kier alpha value is -2.24. The number of benzene rings is 2. The van der Waals surface area contributed by atoms with Crippen molar-refractivity contribution in [1.29, 1.82) is 0 Å². The molecular formula is C17H15Cl2NO4. The molecule has 0 aliphatic heterocycles. The predicted molar refractivity (Wildman–Crippen MR) is 92.7 cm³/mol. The molecule has 0 aliphatic carbocycles. The maximum Gasteiger partial charge on any atom is 0.310 e. The first-order valence-electron chi connectivity index (χ1n) is 7.01. The van der Waals surface area contributed by atoms with Crippen molar-refractivity contribution in [2.75, 3.05) is 19.0 Å². The minimum Gasteiger partial charge on any atom is -0.497 e. The lowest BCUT2D eigenvalue weighted by Gasteiger charge is -2.08. The molecule has 0 bridgehead atoms. The molecule has 24 heavy (non-hydrogen) atoms. The van der Waals surface area contributed by atoms with E-state index in [1.54, 1.807) is 49.6 Å². The van der Waals surface area contributed by atoms with Crippen LogP contribution in [0.1, 0.15) is 5.56 Å². The molecule has 5 nitrogen and oxygen atoms in total. The van der Waals surface area contributed by atoms with E-state index in [2.05, 4.69) is 5.32 Å². The van der Waals surface area contributed by atoms with Crippen LogP contribution < -0.4 is 10.1 Å². The molecule has 1 amide bonds. The van der Waals surface area contributed by atoms with E-state index in [-0.39, 0.29) is 6.42 Å². The lowest BCUT2D eigenvalue weighted by atomic mass is 10.1. The van der Waals surface area contributed by atoms with Gasteiger partial charge in [-0.25, -0.2) is 0 Å². The Labute approximate surface area is 149 Å². The first kappa shape index (κ1) is 18.1. The van der Waals surface area contributed by atoms with Crippen molar-refractivity contribution < 1.29 is 19.1 Å². The van der Waals surface area contributed by atoms with E-state index in [0.29, 0.717) is 21.5 Å². The van der Waals surface area contributed by atoms with E-state index < -0.39 is 18.5 Å². The monoisotopic (exact) mass is 367 g/mol. The summed E-state index contributed by atoms with van der Waals surface area (Å²) in [5.41, 5.74) is 1.17. The predicted octanol–water partition coefficient (Wildman–Crippen LogP) is 3.73. The van der Waals surface area contributed by atoms with Crippen molar-refractivity contribution in [2.45, 2.75) is 6.42 Å². The highest BCUT2D eigenvalue weighted by atomic mass is 35.5. The van der Waals surface area contributed by atoms with Crippen LogP contribution in [0.2, 0.25) is 10.0 Å². The number of ether oxygens (including phenoxy) is 2. The van der Waals surface area contributed by atoms with Crippen molar-refractivity contribution in [2.24, 2.45) is 0 Å². The minimum atomic E-state index is -0.512. The summed E-state index contributed by atoms with van der Waals surface area (Å²) in [6, 6.07) is 11.7. The smallest absolute Gasteiger partial charge is 0.310 e. The van der Waals surface area contributed by atoms with Gasteiger partial charge in [0.1, 0.15) is 5.75 Å². The van der Waals surface area contributed by atoms with Crippen LogP contribution in [0.25, 0.3) is 0 Å². The molecule has 1 N–H and O–H groups in total. The third kappa shape index (κ3) is 5.76. The zero-order valence-electron chi connectivity index (χ0n) is 12.8. The maximum atomic E-state index is 11.8. The van der Waals surface area contributed by atoms with Gasteiger partial charge in [0.15, 0.2) is 6.61 Å². The molecule has 0 saturated heterocycles. The molecule has 2 aromatic carbocycles. The molecule has 0 spiro atoms. The van der Waals surface area contributed by atoms with Gasteiger partial charge in [-0.1, -0.05) is 35.3 Å². The van der Waals surface area contributed by atoms with Gasteiger partial charge in [0.05, 0.1) is 13.5 Å². The SMILES string of the molecule is COc1cccc(CC(=O)OCC(=O)Nc2cc(Cl)cc(Cl)c2)c1. The number of anilines is 1. The third-order valence-corrected chi connectivity index (χ3v) is 3.43. The summed E-state index contributed by atoms with van der Waals surface area (Å²) in [5, 5.41) is 3.35. The van der Waals surface area contributed by atoms with E-state index >= 15 is 0 Å². The molecule has 0 saturated carbocycles. The second-order valence-corrected chi connectivity index (χ2v) is 5.77. The summed E-state index contributed by atoms with van der Waals surface area (Å²) in [7, 11) is 1.55. The van der Waals surface area contributed by atoms with E-state index in [1.807, 2.05) is 0 Å².